The minimum atomic E-state index is -0.100. The highest BCUT2D eigenvalue weighted by Gasteiger charge is 2.25. The number of nitrogens with one attached hydrogen (secondary N) is 1. The molecule has 3 N–H and O–H groups in total. The maximum atomic E-state index is 12.1. The molecule has 0 aliphatic carbocycles. The fraction of sp³-hybridized carbons (Fsp3) is 0.857. The van der Waals surface area contributed by atoms with Crippen LogP contribution in [-0.2, 0) is 9.59 Å². The predicted molar refractivity (Wildman–Crippen MR) is 86.4 cm³/mol. The second kappa shape index (κ2) is 9.97. The molecule has 21 heavy (non-hydrogen) atoms. The first-order valence-corrected chi connectivity index (χ1v) is 7.42. The number of nitrogens with two attached hydrogens (primary N) is 1. The molecule has 6 nitrogen and oxygen atoms in total. The van der Waals surface area contributed by atoms with Gasteiger partial charge in [0.05, 0.1) is 13.1 Å². The Balaban J connectivity index is 0.00000400. The molecule has 0 aromatic rings. The summed E-state index contributed by atoms with van der Waals surface area (Å²) in [4.78, 5) is 27.3. The maximum absolute atomic E-state index is 12.1. The second-order valence-electron chi connectivity index (χ2n) is 5.76. The van der Waals surface area contributed by atoms with Gasteiger partial charge in [-0.3, -0.25) is 14.5 Å². The highest BCUT2D eigenvalue weighted by Crippen LogP contribution is 2.14. The number of piperidine rings is 1. The molecule has 1 aliphatic rings. The van der Waals surface area contributed by atoms with Gasteiger partial charge in [-0.2, -0.15) is 0 Å². The van der Waals surface area contributed by atoms with Crippen molar-refractivity contribution in [1.29, 1.82) is 0 Å². The third-order valence-electron chi connectivity index (χ3n) is 3.79. The van der Waals surface area contributed by atoms with Crippen molar-refractivity contribution >= 4 is 24.2 Å². The summed E-state index contributed by atoms with van der Waals surface area (Å²) in [5, 5.41) is 2.77. The Kier molecular flexibility index (Phi) is 9.57. The molecule has 0 aromatic heterocycles. The molecule has 2 unspecified atom stereocenters. The van der Waals surface area contributed by atoms with Crippen molar-refractivity contribution in [3.8, 4) is 0 Å². The summed E-state index contributed by atoms with van der Waals surface area (Å²) in [5.74, 6) is 0.297. The van der Waals surface area contributed by atoms with Gasteiger partial charge in [0, 0.05) is 32.7 Å². The average molecular weight is 321 g/mol. The topological polar surface area (TPSA) is 78.7 Å². The van der Waals surface area contributed by atoms with Crippen LogP contribution in [-0.4, -0.2) is 67.4 Å². The molecule has 1 heterocycles. The van der Waals surface area contributed by atoms with Gasteiger partial charge in [-0.25, -0.2) is 0 Å². The molecule has 1 aliphatic heterocycles. The fourth-order valence-corrected chi connectivity index (χ4v) is 2.33. The highest BCUT2D eigenvalue weighted by molar-refractivity contribution is 5.85. The Morgan fingerprint density at radius 2 is 2.10 bits per heavy atom. The molecule has 0 saturated carbocycles. The minimum absolute atomic E-state index is 0. The standard InChI is InChI=1S/C14H28N4O2.ClH/c1-4-6-16-13(19)9-17(3)14(20)10-18-7-5-12(15)11(2)8-18;/h11-12H,4-10,15H2,1-3H3,(H,16,19);1H. The van der Waals surface area contributed by atoms with E-state index in [2.05, 4.69) is 17.1 Å². The molecule has 1 fully saturated rings. The summed E-state index contributed by atoms with van der Waals surface area (Å²) in [6.45, 7) is 6.97. The number of carbonyl (C=O) groups is 2. The van der Waals surface area contributed by atoms with Crippen LogP contribution < -0.4 is 11.1 Å². The maximum Gasteiger partial charge on any atom is 0.239 e. The van der Waals surface area contributed by atoms with Crippen LogP contribution in [0.5, 0.6) is 0 Å². The summed E-state index contributed by atoms with van der Waals surface area (Å²) in [6.07, 6.45) is 1.82. The lowest BCUT2D eigenvalue weighted by atomic mass is 9.95. The zero-order chi connectivity index (χ0) is 15.1. The molecule has 7 heteroatoms. The predicted octanol–water partition coefficient (Wildman–Crippen LogP) is 0.0619. The number of likely N-dealkylation sites (tertiary alicyclic amines) is 1. The quantitative estimate of drug-likeness (QED) is 0.725. The van der Waals surface area contributed by atoms with Crippen molar-refractivity contribution in [2.75, 3.05) is 39.8 Å². The molecular weight excluding hydrogens is 292 g/mol. The van der Waals surface area contributed by atoms with Gasteiger partial charge in [-0.1, -0.05) is 13.8 Å². The van der Waals surface area contributed by atoms with Gasteiger partial charge in [0.25, 0.3) is 0 Å². The van der Waals surface area contributed by atoms with E-state index in [4.69, 9.17) is 5.73 Å². The fourth-order valence-electron chi connectivity index (χ4n) is 2.33. The Morgan fingerprint density at radius 3 is 2.67 bits per heavy atom. The molecule has 0 aromatic carbocycles. The van der Waals surface area contributed by atoms with E-state index >= 15 is 0 Å². The Morgan fingerprint density at radius 1 is 1.43 bits per heavy atom. The van der Waals surface area contributed by atoms with Gasteiger partial charge in [0.15, 0.2) is 0 Å². The van der Waals surface area contributed by atoms with E-state index in [1.807, 2.05) is 6.92 Å². The van der Waals surface area contributed by atoms with Crippen molar-refractivity contribution in [1.82, 2.24) is 15.1 Å². The molecule has 2 amide bonds. The van der Waals surface area contributed by atoms with E-state index in [0.29, 0.717) is 19.0 Å². The van der Waals surface area contributed by atoms with E-state index < -0.39 is 0 Å². The largest absolute Gasteiger partial charge is 0.355 e. The number of nitrogens with zero attached hydrogens (tertiary/aromatic N) is 2. The normalized spacial score (nSPS) is 22.3. The second-order valence-corrected chi connectivity index (χ2v) is 5.76. The van der Waals surface area contributed by atoms with Crippen LogP contribution in [0.1, 0.15) is 26.7 Å². The molecule has 0 bridgehead atoms. The number of halogens is 1. The Labute approximate surface area is 133 Å². The van der Waals surface area contributed by atoms with Crippen LogP contribution in [0.3, 0.4) is 0 Å². The van der Waals surface area contributed by atoms with Crippen molar-refractivity contribution in [2.45, 2.75) is 32.7 Å². The van der Waals surface area contributed by atoms with E-state index in [-0.39, 0.29) is 36.8 Å². The van der Waals surface area contributed by atoms with Crippen LogP contribution in [0.25, 0.3) is 0 Å². The lowest BCUT2D eigenvalue weighted by Crippen LogP contribution is -2.50. The summed E-state index contributed by atoms with van der Waals surface area (Å²) in [5.41, 5.74) is 5.97. The first-order valence-electron chi connectivity index (χ1n) is 7.42. The number of amides is 2. The molecule has 124 valence electrons. The van der Waals surface area contributed by atoms with E-state index in [1.54, 1.807) is 7.05 Å². The van der Waals surface area contributed by atoms with Crippen LogP contribution in [0, 0.1) is 5.92 Å². The number of hydrogen-bond donors (Lipinski definition) is 2. The monoisotopic (exact) mass is 320 g/mol. The average Bonchev–Trinajstić information content (AvgIpc) is 2.40. The molecule has 0 spiro atoms. The van der Waals surface area contributed by atoms with E-state index in [9.17, 15) is 9.59 Å². The van der Waals surface area contributed by atoms with Crippen LogP contribution in [0.2, 0.25) is 0 Å². The molecule has 2 atom stereocenters. The van der Waals surface area contributed by atoms with Gasteiger partial charge in [0.1, 0.15) is 0 Å². The zero-order valence-corrected chi connectivity index (χ0v) is 14.1. The van der Waals surface area contributed by atoms with Gasteiger partial charge in [-0.05, 0) is 18.8 Å². The van der Waals surface area contributed by atoms with Gasteiger partial charge >= 0.3 is 0 Å². The lowest BCUT2D eigenvalue weighted by molar-refractivity contribution is -0.136. The number of rotatable bonds is 6. The van der Waals surface area contributed by atoms with E-state index in [0.717, 1.165) is 25.9 Å². The number of likely N-dealkylation sites (N-methyl/N-ethyl adjacent to an activating group) is 1. The summed E-state index contributed by atoms with van der Waals surface area (Å²) < 4.78 is 0. The lowest BCUT2D eigenvalue weighted by Gasteiger charge is -2.35. The molecule has 1 saturated heterocycles. The van der Waals surface area contributed by atoms with Gasteiger partial charge in [0.2, 0.25) is 11.8 Å². The number of hydrogen-bond acceptors (Lipinski definition) is 4. The van der Waals surface area contributed by atoms with Crippen molar-refractivity contribution < 1.29 is 9.59 Å². The first kappa shape index (κ1) is 20.1. The van der Waals surface area contributed by atoms with Gasteiger partial charge in [-0.15, -0.1) is 12.4 Å². The minimum Gasteiger partial charge on any atom is -0.355 e. The SMILES string of the molecule is CCCNC(=O)CN(C)C(=O)CN1CCC(N)C(C)C1.Cl. The summed E-state index contributed by atoms with van der Waals surface area (Å²) in [7, 11) is 1.67. The van der Waals surface area contributed by atoms with Crippen LogP contribution >= 0.6 is 12.4 Å². The molecule has 0 radical (unpaired) electrons. The van der Waals surface area contributed by atoms with E-state index in [1.165, 1.54) is 4.90 Å². The van der Waals surface area contributed by atoms with Crippen LogP contribution in [0.4, 0.5) is 0 Å². The molecule has 1 rings (SSSR count). The first-order chi connectivity index (χ1) is 9.43. The number of carbonyl (C=O) groups excluding carboxylic acids is 2. The van der Waals surface area contributed by atoms with Crippen molar-refractivity contribution in [2.24, 2.45) is 11.7 Å². The smallest absolute Gasteiger partial charge is 0.239 e. The third kappa shape index (κ3) is 7.11. The Bertz CT molecular complexity index is 341. The zero-order valence-electron chi connectivity index (χ0n) is 13.3. The van der Waals surface area contributed by atoms with Gasteiger partial charge < -0.3 is 16.0 Å². The van der Waals surface area contributed by atoms with Crippen molar-refractivity contribution in [3.05, 3.63) is 0 Å². The summed E-state index contributed by atoms with van der Waals surface area (Å²) in [6, 6.07) is 0.235. The molecular formula is C14H29ClN4O2. The van der Waals surface area contributed by atoms with Crippen molar-refractivity contribution in [3.63, 3.8) is 0 Å². The highest BCUT2D eigenvalue weighted by atomic mass is 35.5. The Hall–Kier alpha value is -0.850. The van der Waals surface area contributed by atoms with Crippen LogP contribution in [0.15, 0.2) is 0 Å². The summed E-state index contributed by atoms with van der Waals surface area (Å²) >= 11 is 0. The third-order valence-corrected chi connectivity index (χ3v) is 3.79.